The molecule has 1 amide bonds. The standard InChI is InChI=1S/C34H25N5O8S2/c1-20-15-23(8-12-30(20)38-37-24-7-10-27-22(16-24)17-26(19-33(27)40)49(45,46)47)36-39-32-14-13-31(35-34(41)21-5-3-2-4-6-21)28-11-9-25(18-29(28)32)48(42,43)44/h2-19,40H,1H3,(H,35,41)(H,42,43,44)(H,45,46,47). The zero-order valence-corrected chi connectivity index (χ0v) is 27.0. The van der Waals surface area contributed by atoms with Gasteiger partial charge >= 0.3 is 0 Å². The van der Waals surface area contributed by atoms with Crippen molar-refractivity contribution in [1.29, 1.82) is 0 Å². The minimum Gasteiger partial charge on any atom is -0.507 e. The fourth-order valence-electron chi connectivity index (χ4n) is 5.01. The van der Waals surface area contributed by atoms with Gasteiger partial charge in [0, 0.05) is 33.5 Å². The van der Waals surface area contributed by atoms with Gasteiger partial charge in [-0.25, -0.2) is 0 Å². The molecule has 0 aliphatic heterocycles. The number of rotatable bonds is 8. The van der Waals surface area contributed by atoms with E-state index < -0.39 is 25.1 Å². The predicted octanol–water partition coefficient (Wildman–Crippen LogP) is 8.58. The van der Waals surface area contributed by atoms with Crippen LogP contribution in [0.15, 0.2) is 139 Å². The first kappa shape index (κ1) is 33.0. The molecule has 0 fully saturated rings. The van der Waals surface area contributed by atoms with E-state index in [0.717, 1.165) is 6.07 Å². The third-order valence-electron chi connectivity index (χ3n) is 7.46. The van der Waals surface area contributed by atoms with Gasteiger partial charge in [0.2, 0.25) is 0 Å². The zero-order chi connectivity index (χ0) is 34.9. The molecule has 0 spiro atoms. The van der Waals surface area contributed by atoms with Crippen LogP contribution in [0.25, 0.3) is 21.5 Å². The van der Waals surface area contributed by atoms with E-state index in [1.54, 1.807) is 79.7 Å². The van der Waals surface area contributed by atoms with Gasteiger partial charge in [0.1, 0.15) is 5.75 Å². The molecule has 13 nitrogen and oxygen atoms in total. The van der Waals surface area contributed by atoms with Crippen LogP contribution in [0, 0.1) is 6.92 Å². The highest BCUT2D eigenvalue weighted by molar-refractivity contribution is 7.86. The molecule has 0 aliphatic carbocycles. The molecule has 0 aliphatic rings. The summed E-state index contributed by atoms with van der Waals surface area (Å²) in [5.41, 5.74) is 3.09. The van der Waals surface area contributed by atoms with Crippen LogP contribution in [-0.2, 0) is 20.2 Å². The first-order chi connectivity index (χ1) is 23.3. The van der Waals surface area contributed by atoms with Crippen LogP contribution < -0.4 is 5.32 Å². The maximum atomic E-state index is 12.8. The minimum atomic E-state index is -4.54. The molecule has 0 unspecified atom stereocenters. The lowest BCUT2D eigenvalue weighted by Crippen LogP contribution is -2.12. The molecule has 0 aromatic heterocycles. The smallest absolute Gasteiger partial charge is 0.294 e. The third kappa shape index (κ3) is 7.34. The van der Waals surface area contributed by atoms with Crippen LogP contribution >= 0.6 is 0 Å². The van der Waals surface area contributed by atoms with Crippen molar-refractivity contribution in [2.75, 3.05) is 5.32 Å². The summed E-state index contributed by atoms with van der Waals surface area (Å²) in [5, 5.41) is 31.6. The molecule has 49 heavy (non-hydrogen) atoms. The van der Waals surface area contributed by atoms with Gasteiger partial charge in [0.25, 0.3) is 26.1 Å². The van der Waals surface area contributed by atoms with Crippen molar-refractivity contribution in [2.45, 2.75) is 16.7 Å². The summed E-state index contributed by atoms with van der Waals surface area (Å²) in [4.78, 5) is 12.0. The second-order valence-electron chi connectivity index (χ2n) is 10.8. The van der Waals surface area contributed by atoms with Gasteiger partial charge in [0.05, 0.1) is 32.5 Å². The molecule has 0 atom stereocenters. The average molecular weight is 696 g/mol. The van der Waals surface area contributed by atoms with E-state index in [0.29, 0.717) is 55.4 Å². The number of fused-ring (bicyclic) bond motifs is 2. The number of phenols is 1. The molecule has 0 bridgehead atoms. The molecule has 0 saturated heterocycles. The van der Waals surface area contributed by atoms with E-state index in [1.165, 1.54) is 30.3 Å². The number of aryl methyl sites for hydroxylation is 1. The van der Waals surface area contributed by atoms with E-state index in [-0.39, 0.29) is 22.2 Å². The summed E-state index contributed by atoms with van der Waals surface area (Å²) in [7, 11) is -9.07. The van der Waals surface area contributed by atoms with Gasteiger partial charge in [-0.1, -0.05) is 24.3 Å². The van der Waals surface area contributed by atoms with Crippen LogP contribution in [0.2, 0.25) is 0 Å². The van der Waals surface area contributed by atoms with E-state index in [9.17, 15) is 35.8 Å². The molecule has 0 radical (unpaired) electrons. The first-order valence-corrected chi connectivity index (χ1v) is 17.2. The van der Waals surface area contributed by atoms with Crippen molar-refractivity contribution in [3.63, 3.8) is 0 Å². The second-order valence-corrected chi connectivity index (χ2v) is 13.7. The Morgan fingerprint density at radius 3 is 1.94 bits per heavy atom. The number of phenolic OH excluding ortho intramolecular Hbond substituents is 1. The minimum absolute atomic E-state index is 0.277. The van der Waals surface area contributed by atoms with Crippen LogP contribution in [0.1, 0.15) is 15.9 Å². The number of nitrogens with zero attached hydrogens (tertiary/aromatic N) is 4. The van der Waals surface area contributed by atoms with Crippen LogP contribution in [0.4, 0.5) is 28.4 Å². The molecule has 4 N–H and O–H groups in total. The molecule has 0 heterocycles. The van der Waals surface area contributed by atoms with Gasteiger partial charge in [-0.05, 0) is 96.7 Å². The largest absolute Gasteiger partial charge is 0.507 e. The Balaban J connectivity index is 1.28. The van der Waals surface area contributed by atoms with Crippen molar-refractivity contribution in [3.05, 3.63) is 120 Å². The maximum Gasteiger partial charge on any atom is 0.294 e. The zero-order valence-electron chi connectivity index (χ0n) is 25.4. The fourth-order valence-corrected chi connectivity index (χ4v) is 6.05. The molecule has 0 saturated carbocycles. The Labute approximate surface area is 279 Å². The Morgan fingerprint density at radius 2 is 1.24 bits per heavy atom. The lowest BCUT2D eigenvalue weighted by Gasteiger charge is -2.11. The Kier molecular flexibility index (Phi) is 8.75. The van der Waals surface area contributed by atoms with E-state index in [2.05, 4.69) is 25.8 Å². The molecule has 6 aromatic carbocycles. The highest BCUT2D eigenvalue weighted by Gasteiger charge is 2.16. The summed E-state index contributed by atoms with van der Waals surface area (Å²) in [6.07, 6.45) is 0. The van der Waals surface area contributed by atoms with Crippen molar-refractivity contribution >= 4 is 76.1 Å². The predicted molar refractivity (Wildman–Crippen MR) is 183 cm³/mol. The molecule has 15 heteroatoms. The quantitative estimate of drug-likeness (QED) is 0.0893. The molecule has 6 rings (SSSR count). The summed E-state index contributed by atoms with van der Waals surface area (Å²) in [5.74, 6) is -0.680. The molecular formula is C34H25N5O8S2. The van der Waals surface area contributed by atoms with Crippen molar-refractivity contribution in [2.24, 2.45) is 20.5 Å². The summed E-state index contributed by atoms with van der Waals surface area (Å²) in [6.45, 7) is 1.78. The van der Waals surface area contributed by atoms with Crippen LogP contribution in [0.5, 0.6) is 5.75 Å². The summed E-state index contributed by atoms with van der Waals surface area (Å²) < 4.78 is 66.0. The van der Waals surface area contributed by atoms with Crippen molar-refractivity contribution in [3.8, 4) is 5.75 Å². The second kappa shape index (κ2) is 13.0. The number of nitrogens with one attached hydrogen (secondary N) is 1. The molecule has 246 valence electrons. The topological polar surface area (TPSA) is 208 Å². The van der Waals surface area contributed by atoms with Crippen molar-refractivity contribution in [1.82, 2.24) is 0 Å². The number of benzene rings is 6. The fraction of sp³-hybridized carbons (Fsp3) is 0.0294. The lowest BCUT2D eigenvalue weighted by atomic mass is 10.1. The summed E-state index contributed by atoms with van der Waals surface area (Å²) in [6, 6.07) is 27.5. The number of azo groups is 2. The SMILES string of the molecule is Cc1cc(N=Nc2ccc(NC(=O)c3ccccc3)c3ccc(S(=O)(=O)O)cc23)ccc1N=Nc1ccc2c(O)cc(S(=O)(=O)O)cc2c1. The normalized spacial score (nSPS) is 12.3. The number of aromatic hydroxyl groups is 1. The van der Waals surface area contributed by atoms with Gasteiger partial charge in [-0.3, -0.25) is 13.9 Å². The number of carbonyl (C=O) groups excluding carboxylic acids is 1. The Bertz CT molecular complexity index is 2570. The van der Waals surface area contributed by atoms with Crippen LogP contribution in [-0.4, -0.2) is 37.0 Å². The first-order valence-electron chi connectivity index (χ1n) is 14.4. The third-order valence-corrected chi connectivity index (χ3v) is 9.14. The summed E-state index contributed by atoms with van der Waals surface area (Å²) >= 11 is 0. The van der Waals surface area contributed by atoms with E-state index >= 15 is 0 Å². The van der Waals surface area contributed by atoms with Crippen molar-refractivity contribution < 1.29 is 35.8 Å². The number of carbonyl (C=O) groups is 1. The van der Waals surface area contributed by atoms with Gasteiger partial charge in [-0.15, -0.1) is 5.11 Å². The van der Waals surface area contributed by atoms with Crippen LogP contribution in [0.3, 0.4) is 0 Å². The number of amides is 1. The van der Waals surface area contributed by atoms with E-state index in [4.69, 9.17) is 0 Å². The van der Waals surface area contributed by atoms with E-state index in [1.807, 2.05) is 0 Å². The monoisotopic (exact) mass is 695 g/mol. The number of anilines is 1. The van der Waals surface area contributed by atoms with Gasteiger partial charge in [0.15, 0.2) is 0 Å². The number of hydrogen-bond acceptors (Lipinski definition) is 10. The van der Waals surface area contributed by atoms with Gasteiger partial charge in [-0.2, -0.15) is 32.2 Å². The number of hydrogen-bond donors (Lipinski definition) is 4. The highest BCUT2D eigenvalue weighted by Crippen LogP contribution is 2.36. The highest BCUT2D eigenvalue weighted by atomic mass is 32.2. The Morgan fingerprint density at radius 1 is 0.612 bits per heavy atom. The molecule has 6 aromatic rings. The molecular weight excluding hydrogens is 671 g/mol. The van der Waals surface area contributed by atoms with Gasteiger partial charge < -0.3 is 10.4 Å². The average Bonchev–Trinajstić information content (AvgIpc) is 3.06. The lowest BCUT2D eigenvalue weighted by molar-refractivity contribution is 0.102. The maximum absolute atomic E-state index is 12.8. The Hall–Kier alpha value is -5.87.